The van der Waals surface area contributed by atoms with Gasteiger partial charge in [-0.2, -0.15) is 0 Å². The van der Waals surface area contributed by atoms with Gasteiger partial charge in [0.25, 0.3) is 0 Å². The normalized spacial score (nSPS) is 10.5. The first-order valence-corrected chi connectivity index (χ1v) is 4.59. The molecule has 1 aromatic carbocycles. The molecule has 70 valence electrons. The van der Waals surface area contributed by atoms with E-state index < -0.39 is 10.6 Å². The van der Waals surface area contributed by atoms with Crippen molar-refractivity contribution in [3.63, 3.8) is 0 Å². The van der Waals surface area contributed by atoms with E-state index in [1.165, 1.54) is 18.2 Å². The second kappa shape index (κ2) is 4.18. The van der Waals surface area contributed by atoms with Crippen molar-refractivity contribution in [2.45, 2.75) is 4.84 Å². The van der Waals surface area contributed by atoms with Gasteiger partial charge in [-0.05, 0) is 12.1 Å². The number of ketones is 1. The second-order valence-electron chi connectivity index (χ2n) is 2.30. The molecule has 0 saturated carbocycles. The molecule has 13 heavy (non-hydrogen) atoms. The molecule has 0 amide bonds. The van der Waals surface area contributed by atoms with Gasteiger partial charge in [-0.3, -0.25) is 4.79 Å². The maximum Gasteiger partial charge on any atom is 0.199 e. The zero-order valence-corrected chi connectivity index (χ0v) is 8.57. The molecule has 0 aliphatic heterocycles. The van der Waals surface area contributed by atoms with Crippen LogP contribution in [0.4, 0.5) is 0 Å². The molecule has 0 radical (unpaired) electrons. The number of benzene rings is 1. The summed E-state index contributed by atoms with van der Waals surface area (Å²) in [5.41, 5.74) is 0.0301. The van der Waals surface area contributed by atoms with Crippen LogP contribution in [0.3, 0.4) is 0 Å². The summed E-state index contributed by atoms with van der Waals surface area (Å²) in [6, 6.07) is 4.40. The third kappa shape index (κ3) is 2.27. The Bertz CT molecular complexity index is 336. The number of carbonyl (C=O) groups excluding carboxylic acids is 1. The summed E-state index contributed by atoms with van der Waals surface area (Å²) >= 11 is 16.3. The Labute approximate surface area is 90.0 Å². The predicted molar refractivity (Wildman–Crippen MR) is 52.9 cm³/mol. The van der Waals surface area contributed by atoms with E-state index in [1.54, 1.807) is 0 Å². The minimum Gasteiger partial charge on any atom is -0.506 e. The number of halogens is 3. The Morgan fingerprint density at radius 1 is 1.38 bits per heavy atom. The van der Waals surface area contributed by atoms with E-state index in [9.17, 15) is 9.90 Å². The summed E-state index contributed by atoms with van der Waals surface area (Å²) in [4.78, 5) is 10.0. The lowest BCUT2D eigenvalue weighted by molar-refractivity contribution is 0.100. The van der Waals surface area contributed by atoms with Crippen molar-refractivity contribution in [2.24, 2.45) is 0 Å². The summed E-state index contributed by atoms with van der Waals surface area (Å²) in [5.74, 6) is -0.858. The number of aromatic hydroxyl groups is 1. The molecule has 0 aliphatic carbocycles. The molecule has 2 nitrogen and oxygen atoms in total. The first kappa shape index (κ1) is 10.6. The fraction of sp³-hybridized carbons (Fsp3) is 0.125. The van der Waals surface area contributed by atoms with Gasteiger partial charge in [-0.1, -0.05) is 40.9 Å². The Morgan fingerprint density at radius 2 is 2.00 bits per heavy atom. The zero-order chi connectivity index (χ0) is 10.0. The number of hydrogen-bond donors (Lipinski definition) is 1. The molecule has 0 bridgehead atoms. The quantitative estimate of drug-likeness (QED) is 0.636. The van der Waals surface area contributed by atoms with Crippen LogP contribution in [0.25, 0.3) is 0 Å². The molecule has 0 spiro atoms. The molecular weight excluding hydrogens is 234 g/mol. The van der Waals surface area contributed by atoms with Crippen molar-refractivity contribution in [1.29, 1.82) is 0 Å². The molecule has 0 aromatic heterocycles. The summed E-state index contributed by atoms with van der Waals surface area (Å²) in [7, 11) is 0. The summed E-state index contributed by atoms with van der Waals surface area (Å²) in [6.07, 6.45) is 0. The van der Waals surface area contributed by atoms with Crippen molar-refractivity contribution in [2.75, 3.05) is 0 Å². The van der Waals surface area contributed by atoms with Crippen LogP contribution in [-0.2, 0) is 0 Å². The molecule has 0 heterocycles. The van der Waals surface area contributed by atoms with Gasteiger partial charge in [0.1, 0.15) is 5.75 Å². The first-order chi connectivity index (χ1) is 6.04. The SMILES string of the molecule is O=C(c1cccc(Cl)c1O)C(Cl)Cl. The highest BCUT2D eigenvalue weighted by Gasteiger charge is 2.18. The summed E-state index contributed by atoms with van der Waals surface area (Å²) in [5, 5.41) is 9.44. The molecule has 0 atom stereocenters. The van der Waals surface area contributed by atoms with Gasteiger partial charge in [-0.25, -0.2) is 0 Å². The standard InChI is InChI=1S/C8H5Cl3O2/c9-5-3-1-2-4(6(5)12)7(13)8(10)11/h1-3,8,12H. The monoisotopic (exact) mass is 238 g/mol. The van der Waals surface area contributed by atoms with Gasteiger partial charge in [-0.15, -0.1) is 0 Å². The van der Waals surface area contributed by atoms with E-state index >= 15 is 0 Å². The lowest BCUT2D eigenvalue weighted by Crippen LogP contribution is -2.08. The average Bonchev–Trinajstić information content (AvgIpc) is 2.08. The first-order valence-electron chi connectivity index (χ1n) is 3.34. The topological polar surface area (TPSA) is 37.3 Å². The number of rotatable bonds is 2. The molecule has 0 saturated heterocycles. The maximum atomic E-state index is 11.2. The van der Waals surface area contributed by atoms with Crippen molar-refractivity contribution in [1.82, 2.24) is 0 Å². The van der Waals surface area contributed by atoms with Crippen LogP contribution in [0.15, 0.2) is 18.2 Å². The Balaban J connectivity index is 3.15. The smallest absolute Gasteiger partial charge is 0.199 e. The van der Waals surface area contributed by atoms with Crippen LogP contribution in [0.2, 0.25) is 5.02 Å². The molecule has 0 unspecified atom stereocenters. The number of phenolic OH excluding ortho intramolecular Hbond substituents is 1. The van der Waals surface area contributed by atoms with Gasteiger partial charge in [0, 0.05) is 0 Å². The number of carbonyl (C=O) groups is 1. The average molecular weight is 239 g/mol. The Hall–Kier alpha value is -0.440. The van der Waals surface area contributed by atoms with Crippen molar-refractivity contribution < 1.29 is 9.90 Å². The molecule has 1 rings (SSSR count). The highest BCUT2D eigenvalue weighted by Crippen LogP contribution is 2.28. The third-order valence-corrected chi connectivity index (χ3v) is 2.15. The molecule has 1 aromatic rings. The van der Waals surface area contributed by atoms with Crippen molar-refractivity contribution in [3.8, 4) is 5.75 Å². The lowest BCUT2D eigenvalue weighted by Gasteiger charge is -2.04. The minimum absolute atomic E-state index is 0.0301. The number of phenols is 1. The summed E-state index contributed by atoms with van der Waals surface area (Å²) < 4.78 is 0. The Morgan fingerprint density at radius 3 is 2.54 bits per heavy atom. The largest absolute Gasteiger partial charge is 0.506 e. The van der Waals surface area contributed by atoms with Gasteiger partial charge in [0.05, 0.1) is 10.6 Å². The van der Waals surface area contributed by atoms with Gasteiger partial charge >= 0.3 is 0 Å². The van der Waals surface area contributed by atoms with E-state index in [0.29, 0.717) is 0 Å². The number of hydrogen-bond acceptors (Lipinski definition) is 2. The van der Waals surface area contributed by atoms with E-state index in [-0.39, 0.29) is 16.3 Å². The zero-order valence-electron chi connectivity index (χ0n) is 6.30. The summed E-state index contributed by atoms with van der Waals surface area (Å²) in [6.45, 7) is 0. The minimum atomic E-state index is -1.19. The van der Waals surface area contributed by atoms with Crippen LogP contribution in [0, 0.1) is 0 Å². The molecule has 1 N–H and O–H groups in total. The highest BCUT2D eigenvalue weighted by molar-refractivity contribution is 6.55. The Kier molecular flexibility index (Phi) is 3.42. The van der Waals surface area contributed by atoms with Crippen LogP contribution in [0.5, 0.6) is 5.75 Å². The highest BCUT2D eigenvalue weighted by atomic mass is 35.5. The third-order valence-electron chi connectivity index (χ3n) is 1.45. The van der Waals surface area contributed by atoms with Crippen LogP contribution >= 0.6 is 34.8 Å². The predicted octanol–water partition coefficient (Wildman–Crippen LogP) is 3.03. The van der Waals surface area contributed by atoms with Crippen LogP contribution in [0.1, 0.15) is 10.4 Å². The van der Waals surface area contributed by atoms with E-state index in [4.69, 9.17) is 34.8 Å². The van der Waals surface area contributed by atoms with Crippen molar-refractivity contribution in [3.05, 3.63) is 28.8 Å². The van der Waals surface area contributed by atoms with Crippen LogP contribution in [-0.4, -0.2) is 15.7 Å². The van der Waals surface area contributed by atoms with Gasteiger partial charge in [0.2, 0.25) is 0 Å². The molecule has 0 fully saturated rings. The molecule has 0 aliphatic rings. The van der Waals surface area contributed by atoms with E-state index in [2.05, 4.69) is 0 Å². The van der Waals surface area contributed by atoms with E-state index in [0.717, 1.165) is 0 Å². The molecule has 5 heteroatoms. The maximum absolute atomic E-state index is 11.2. The molecular formula is C8H5Cl3O2. The fourth-order valence-corrected chi connectivity index (χ4v) is 1.24. The van der Waals surface area contributed by atoms with Crippen molar-refractivity contribution >= 4 is 40.6 Å². The second-order valence-corrected chi connectivity index (χ2v) is 3.80. The van der Waals surface area contributed by atoms with Crippen LogP contribution < -0.4 is 0 Å². The fourth-order valence-electron chi connectivity index (χ4n) is 0.832. The number of para-hydroxylation sites is 1. The number of alkyl halides is 2. The lowest BCUT2D eigenvalue weighted by atomic mass is 10.1. The van der Waals surface area contributed by atoms with E-state index in [1.807, 2.05) is 0 Å². The van der Waals surface area contributed by atoms with Gasteiger partial charge < -0.3 is 5.11 Å². The number of Topliss-reactive ketones (excluding diaryl/α,β-unsaturated/α-hetero) is 1. The van der Waals surface area contributed by atoms with Gasteiger partial charge in [0.15, 0.2) is 10.6 Å².